The number of hydrogen-bond acceptors (Lipinski definition) is 6. The van der Waals surface area contributed by atoms with Crippen LogP contribution in [0, 0.1) is 0 Å². The van der Waals surface area contributed by atoms with Gasteiger partial charge < -0.3 is 15.1 Å². The summed E-state index contributed by atoms with van der Waals surface area (Å²) in [6, 6.07) is 9.23. The Morgan fingerprint density at radius 1 is 1.15 bits per heavy atom. The molecule has 1 fully saturated rings. The van der Waals surface area contributed by atoms with Gasteiger partial charge in [0.1, 0.15) is 0 Å². The molecule has 1 aliphatic rings. The van der Waals surface area contributed by atoms with Gasteiger partial charge in [-0.25, -0.2) is 0 Å². The first-order chi connectivity index (χ1) is 13.1. The molecule has 1 aromatic heterocycles. The van der Waals surface area contributed by atoms with E-state index in [1.165, 1.54) is 31.0 Å². The molecule has 8 heteroatoms. The maximum atomic E-state index is 12.7. The van der Waals surface area contributed by atoms with Crippen LogP contribution in [-0.4, -0.2) is 34.3 Å². The zero-order chi connectivity index (χ0) is 19.1. The zero-order valence-electron chi connectivity index (χ0n) is 15.2. The summed E-state index contributed by atoms with van der Waals surface area (Å²) in [5, 5.41) is 8.64. The molecular weight excluding hydrogens is 364 g/mol. The van der Waals surface area contributed by atoms with Crippen molar-refractivity contribution >= 4 is 29.3 Å². The molecule has 7 nitrogen and oxygen atoms in total. The van der Waals surface area contributed by atoms with Crippen LogP contribution >= 0.6 is 11.8 Å². The Hall–Kier alpha value is -2.35. The van der Waals surface area contributed by atoms with Crippen LogP contribution in [-0.2, 0) is 9.59 Å². The van der Waals surface area contributed by atoms with E-state index in [4.69, 9.17) is 10.2 Å². The summed E-state index contributed by atoms with van der Waals surface area (Å²) in [6.45, 7) is 0.246. The van der Waals surface area contributed by atoms with E-state index in [0.29, 0.717) is 17.0 Å². The van der Waals surface area contributed by atoms with Crippen LogP contribution in [0.15, 0.2) is 40.0 Å². The number of amides is 2. The number of benzene rings is 1. The van der Waals surface area contributed by atoms with Gasteiger partial charge in [-0.05, 0) is 25.0 Å². The molecule has 1 saturated carbocycles. The summed E-state index contributed by atoms with van der Waals surface area (Å²) in [7, 11) is 0. The molecule has 2 aromatic rings. The van der Waals surface area contributed by atoms with Crippen LogP contribution in [0.5, 0.6) is 0 Å². The SMILES string of the molecule is NC(=O)CCN(C(=O)CSc1nnc(C2CCCCC2)o1)c1ccccc1. The Labute approximate surface area is 162 Å². The highest BCUT2D eigenvalue weighted by Gasteiger charge is 2.22. The van der Waals surface area contributed by atoms with Gasteiger partial charge in [-0.2, -0.15) is 0 Å². The maximum Gasteiger partial charge on any atom is 0.277 e. The van der Waals surface area contributed by atoms with Crippen molar-refractivity contribution in [3.8, 4) is 0 Å². The predicted octanol–water partition coefficient (Wildman–Crippen LogP) is 3.12. The number of primary amides is 1. The molecule has 0 spiro atoms. The number of carbonyl (C=O) groups is 2. The Balaban J connectivity index is 1.60. The summed E-state index contributed by atoms with van der Waals surface area (Å²) >= 11 is 1.22. The Bertz CT molecular complexity index is 759. The van der Waals surface area contributed by atoms with Gasteiger partial charge in [0.15, 0.2) is 0 Å². The Morgan fingerprint density at radius 3 is 2.59 bits per heavy atom. The number of rotatable bonds is 8. The lowest BCUT2D eigenvalue weighted by atomic mass is 9.89. The lowest BCUT2D eigenvalue weighted by Gasteiger charge is -2.22. The normalized spacial score (nSPS) is 14.8. The van der Waals surface area contributed by atoms with Gasteiger partial charge in [0, 0.05) is 24.6 Å². The highest BCUT2D eigenvalue weighted by Crippen LogP contribution is 2.33. The molecule has 2 N–H and O–H groups in total. The second-order valence-electron chi connectivity index (χ2n) is 6.63. The molecule has 27 heavy (non-hydrogen) atoms. The highest BCUT2D eigenvalue weighted by atomic mass is 32.2. The molecular formula is C19H24N4O3S. The summed E-state index contributed by atoms with van der Waals surface area (Å²) in [5.74, 6) is 0.598. The number of anilines is 1. The van der Waals surface area contributed by atoms with Gasteiger partial charge in [-0.3, -0.25) is 9.59 Å². The summed E-state index contributed by atoms with van der Waals surface area (Å²) in [5.41, 5.74) is 5.98. The third-order valence-electron chi connectivity index (χ3n) is 4.65. The molecule has 0 aliphatic heterocycles. The Kier molecular flexibility index (Phi) is 6.86. The van der Waals surface area contributed by atoms with Crippen molar-refractivity contribution < 1.29 is 14.0 Å². The van der Waals surface area contributed by atoms with Crippen molar-refractivity contribution in [1.82, 2.24) is 10.2 Å². The number of para-hydroxylation sites is 1. The molecule has 1 heterocycles. The summed E-state index contributed by atoms with van der Waals surface area (Å²) < 4.78 is 5.75. The number of nitrogens with two attached hydrogens (primary N) is 1. The largest absolute Gasteiger partial charge is 0.416 e. The molecule has 1 aliphatic carbocycles. The van der Waals surface area contributed by atoms with Crippen molar-refractivity contribution in [1.29, 1.82) is 0 Å². The third-order valence-corrected chi connectivity index (χ3v) is 5.45. The van der Waals surface area contributed by atoms with Crippen molar-refractivity contribution in [3.05, 3.63) is 36.2 Å². The van der Waals surface area contributed by atoms with E-state index in [1.54, 1.807) is 4.90 Å². The topological polar surface area (TPSA) is 102 Å². The molecule has 1 aromatic carbocycles. The first kappa shape index (κ1) is 19.4. The van der Waals surface area contributed by atoms with Crippen molar-refractivity contribution in [3.63, 3.8) is 0 Å². The maximum absolute atomic E-state index is 12.7. The van der Waals surface area contributed by atoms with Gasteiger partial charge in [-0.15, -0.1) is 10.2 Å². The fraction of sp³-hybridized carbons (Fsp3) is 0.474. The zero-order valence-corrected chi connectivity index (χ0v) is 16.0. The monoisotopic (exact) mass is 388 g/mol. The van der Waals surface area contributed by atoms with E-state index in [9.17, 15) is 9.59 Å². The second kappa shape index (κ2) is 9.55. The second-order valence-corrected chi connectivity index (χ2v) is 7.55. The predicted molar refractivity (Wildman–Crippen MR) is 103 cm³/mol. The van der Waals surface area contributed by atoms with Gasteiger partial charge in [0.2, 0.25) is 17.7 Å². The van der Waals surface area contributed by atoms with Crippen LogP contribution in [0.3, 0.4) is 0 Å². The van der Waals surface area contributed by atoms with Crippen molar-refractivity contribution in [2.45, 2.75) is 49.7 Å². The Morgan fingerprint density at radius 2 is 1.89 bits per heavy atom. The van der Waals surface area contributed by atoms with Gasteiger partial charge >= 0.3 is 0 Å². The molecule has 0 atom stereocenters. The minimum absolute atomic E-state index is 0.109. The van der Waals surface area contributed by atoms with E-state index in [-0.39, 0.29) is 24.6 Å². The van der Waals surface area contributed by atoms with E-state index >= 15 is 0 Å². The number of nitrogens with zero attached hydrogens (tertiary/aromatic N) is 3. The van der Waals surface area contributed by atoms with Gasteiger partial charge in [0.25, 0.3) is 5.22 Å². The highest BCUT2D eigenvalue weighted by molar-refractivity contribution is 7.99. The first-order valence-electron chi connectivity index (χ1n) is 9.23. The van der Waals surface area contributed by atoms with Crippen LogP contribution in [0.4, 0.5) is 5.69 Å². The third kappa shape index (κ3) is 5.56. The van der Waals surface area contributed by atoms with Gasteiger partial charge in [-0.1, -0.05) is 49.2 Å². The van der Waals surface area contributed by atoms with Crippen LogP contribution in [0.25, 0.3) is 0 Å². The lowest BCUT2D eigenvalue weighted by Crippen LogP contribution is -2.35. The standard InChI is InChI=1S/C19H24N4O3S/c20-16(24)11-12-23(15-9-5-2-6-10-15)17(25)13-27-19-22-21-18(26-19)14-7-3-1-4-8-14/h2,5-6,9-10,14H,1,3-4,7-8,11-13H2,(H2,20,24). The van der Waals surface area contributed by atoms with Gasteiger partial charge in [0.05, 0.1) is 5.75 Å². The molecule has 144 valence electrons. The fourth-order valence-corrected chi connectivity index (χ4v) is 3.87. The van der Waals surface area contributed by atoms with Crippen molar-refractivity contribution in [2.24, 2.45) is 5.73 Å². The average Bonchev–Trinajstić information content (AvgIpc) is 3.17. The van der Waals surface area contributed by atoms with Crippen LogP contribution in [0.1, 0.15) is 50.3 Å². The number of thioether (sulfide) groups is 1. The van der Waals surface area contributed by atoms with Crippen LogP contribution in [0.2, 0.25) is 0 Å². The number of carbonyl (C=O) groups excluding carboxylic acids is 2. The summed E-state index contributed by atoms with van der Waals surface area (Å²) in [6.07, 6.45) is 5.93. The molecule has 0 radical (unpaired) electrons. The molecule has 2 amide bonds. The van der Waals surface area contributed by atoms with E-state index in [2.05, 4.69) is 10.2 Å². The van der Waals surface area contributed by atoms with Crippen LogP contribution < -0.4 is 10.6 Å². The van der Waals surface area contributed by atoms with Crippen molar-refractivity contribution in [2.75, 3.05) is 17.2 Å². The van der Waals surface area contributed by atoms with E-state index in [1.807, 2.05) is 30.3 Å². The number of aromatic nitrogens is 2. The number of hydrogen-bond donors (Lipinski definition) is 1. The summed E-state index contributed by atoms with van der Waals surface area (Å²) in [4.78, 5) is 25.4. The first-order valence-corrected chi connectivity index (χ1v) is 10.2. The molecule has 3 rings (SSSR count). The lowest BCUT2D eigenvalue weighted by molar-refractivity contribution is -0.118. The molecule has 0 saturated heterocycles. The molecule has 0 unspecified atom stereocenters. The minimum atomic E-state index is -0.439. The fourth-order valence-electron chi connectivity index (χ4n) is 3.22. The quantitative estimate of drug-likeness (QED) is 0.697. The smallest absolute Gasteiger partial charge is 0.277 e. The van der Waals surface area contributed by atoms with E-state index < -0.39 is 5.91 Å². The van der Waals surface area contributed by atoms with E-state index in [0.717, 1.165) is 18.5 Å². The minimum Gasteiger partial charge on any atom is -0.416 e. The average molecular weight is 388 g/mol. The molecule has 0 bridgehead atoms.